The van der Waals surface area contributed by atoms with E-state index < -0.39 is 0 Å². The van der Waals surface area contributed by atoms with Crippen molar-refractivity contribution >= 4 is 28.6 Å². The predicted molar refractivity (Wildman–Crippen MR) is 118 cm³/mol. The molecule has 0 atom stereocenters. The first-order chi connectivity index (χ1) is 15.1. The minimum atomic E-state index is -0.215. The highest BCUT2D eigenvalue weighted by Crippen LogP contribution is 2.31. The Morgan fingerprint density at radius 3 is 2.81 bits per heavy atom. The van der Waals surface area contributed by atoms with Crippen LogP contribution in [0, 0.1) is 6.92 Å². The van der Waals surface area contributed by atoms with E-state index in [1.54, 1.807) is 24.8 Å². The van der Waals surface area contributed by atoms with Crippen LogP contribution in [0.5, 0.6) is 0 Å². The molecule has 5 rings (SSSR count). The van der Waals surface area contributed by atoms with Crippen molar-refractivity contribution < 1.29 is 4.79 Å². The van der Waals surface area contributed by atoms with Gasteiger partial charge in [-0.15, -0.1) is 0 Å². The summed E-state index contributed by atoms with van der Waals surface area (Å²) >= 11 is 0. The van der Waals surface area contributed by atoms with Crippen molar-refractivity contribution in [1.82, 2.24) is 29.3 Å². The molecule has 9 nitrogen and oxygen atoms in total. The molecule has 1 amide bonds. The molecule has 0 spiro atoms. The number of nitrogens with one attached hydrogen (secondary N) is 1. The van der Waals surface area contributed by atoms with Gasteiger partial charge in [-0.2, -0.15) is 5.10 Å². The summed E-state index contributed by atoms with van der Waals surface area (Å²) in [5.41, 5.74) is 4.62. The van der Waals surface area contributed by atoms with Crippen molar-refractivity contribution in [3.05, 3.63) is 59.9 Å². The third kappa shape index (κ3) is 3.63. The van der Waals surface area contributed by atoms with Gasteiger partial charge in [0.25, 0.3) is 5.91 Å². The van der Waals surface area contributed by atoms with Crippen molar-refractivity contribution in [3.63, 3.8) is 0 Å². The maximum absolute atomic E-state index is 13.0. The Balaban J connectivity index is 1.40. The highest BCUT2D eigenvalue weighted by molar-refractivity contribution is 6.07. The van der Waals surface area contributed by atoms with Gasteiger partial charge < -0.3 is 14.8 Å². The fourth-order valence-corrected chi connectivity index (χ4v) is 3.95. The third-order valence-electron chi connectivity index (χ3n) is 5.75. The quantitative estimate of drug-likeness (QED) is 0.538. The van der Waals surface area contributed by atoms with Gasteiger partial charge in [-0.25, -0.2) is 9.97 Å². The SMILES string of the molecule is Cc1c(NC(=O)c2cnc3c(c2)ncn3Cc2cccnc2)c(N2CCCC2)nn1C. The zero-order valence-electron chi connectivity index (χ0n) is 17.6. The number of aryl methyl sites for hydroxylation is 1. The van der Waals surface area contributed by atoms with Crippen molar-refractivity contribution in [2.24, 2.45) is 7.05 Å². The maximum atomic E-state index is 13.0. The summed E-state index contributed by atoms with van der Waals surface area (Å²) in [5, 5.41) is 7.68. The monoisotopic (exact) mass is 416 g/mol. The fourth-order valence-electron chi connectivity index (χ4n) is 3.95. The molecule has 1 N–H and O–H groups in total. The molecule has 4 aromatic rings. The lowest BCUT2D eigenvalue weighted by molar-refractivity contribution is 0.102. The molecule has 4 aromatic heterocycles. The lowest BCUT2D eigenvalue weighted by Gasteiger charge is -2.16. The highest BCUT2D eigenvalue weighted by Gasteiger charge is 2.23. The number of carbonyl (C=O) groups is 1. The molecule has 1 aliphatic heterocycles. The van der Waals surface area contributed by atoms with E-state index in [0.29, 0.717) is 17.6 Å². The Morgan fingerprint density at radius 1 is 1.19 bits per heavy atom. The molecule has 0 unspecified atom stereocenters. The van der Waals surface area contributed by atoms with E-state index in [-0.39, 0.29) is 5.91 Å². The van der Waals surface area contributed by atoms with Crippen molar-refractivity contribution in [2.75, 3.05) is 23.3 Å². The van der Waals surface area contributed by atoms with E-state index in [1.807, 2.05) is 41.5 Å². The van der Waals surface area contributed by atoms with Crippen LogP contribution < -0.4 is 10.2 Å². The van der Waals surface area contributed by atoms with Gasteiger partial charge in [0.1, 0.15) is 11.2 Å². The summed E-state index contributed by atoms with van der Waals surface area (Å²) in [6.07, 6.45) is 9.19. The zero-order valence-corrected chi connectivity index (χ0v) is 17.6. The van der Waals surface area contributed by atoms with E-state index in [4.69, 9.17) is 0 Å². The average Bonchev–Trinajstić information content (AvgIpc) is 3.51. The van der Waals surface area contributed by atoms with Crippen molar-refractivity contribution in [3.8, 4) is 0 Å². The van der Waals surface area contributed by atoms with Gasteiger partial charge >= 0.3 is 0 Å². The molecule has 0 radical (unpaired) electrons. The number of imidazole rings is 1. The second-order valence-electron chi connectivity index (χ2n) is 7.86. The van der Waals surface area contributed by atoms with Crippen LogP contribution in [-0.4, -0.2) is 48.3 Å². The molecule has 0 saturated carbocycles. The molecular weight excluding hydrogens is 392 g/mol. The molecule has 0 aromatic carbocycles. The molecular formula is C22H24N8O. The first-order valence-corrected chi connectivity index (χ1v) is 10.4. The van der Waals surface area contributed by atoms with Gasteiger partial charge in [-0.05, 0) is 37.5 Å². The lowest BCUT2D eigenvalue weighted by Crippen LogP contribution is -2.21. The number of hydrogen-bond donors (Lipinski definition) is 1. The molecule has 9 heteroatoms. The van der Waals surface area contributed by atoms with Gasteiger partial charge in [0.05, 0.1) is 24.1 Å². The average molecular weight is 416 g/mol. The number of anilines is 2. The normalized spacial score (nSPS) is 13.8. The van der Waals surface area contributed by atoms with E-state index in [0.717, 1.165) is 54.3 Å². The summed E-state index contributed by atoms with van der Waals surface area (Å²) in [5.74, 6) is 0.619. The molecule has 31 heavy (non-hydrogen) atoms. The predicted octanol–water partition coefficient (Wildman–Crippen LogP) is 2.77. The van der Waals surface area contributed by atoms with Crippen LogP contribution >= 0.6 is 0 Å². The molecule has 158 valence electrons. The fraction of sp³-hybridized carbons (Fsp3) is 0.318. The van der Waals surface area contributed by atoms with E-state index in [2.05, 4.69) is 30.3 Å². The summed E-state index contributed by atoms with van der Waals surface area (Å²) in [4.78, 5) is 28.4. The minimum Gasteiger partial charge on any atom is -0.353 e. The third-order valence-corrected chi connectivity index (χ3v) is 5.75. The van der Waals surface area contributed by atoms with Gasteiger partial charge in [0.15, 0.2) is 11.5 Å². The smallest absolute Gasteiger partial charge is 0.257 e. The molecule has 5 heterocycles. The molecule has 0 bridgehead atoms. The number of aromatic nitrogens is 6. The number of rotatable bonds is 5. The molecule has 0 aliphatic carbocycles. The van der Waals surface area contributed by atoms with E-state index >= 15 is 0 Å². The van der Waals surface area contributed by atoms with Gasteiger partial charge in [-0.3, -0.25) is 14.5 Å². The first-order valence-electron chi connectivity index (χ1n) is 10.4. The first kappa shape index (κ1) is 19.2. The van der Waals surface area contributed by atoms with Crippen LogP contribution in [-0.2, 0) is 13.6 Å². The number of nitrogens with zero attached hydrogens (tertiary/aromatic N) is 7. The zero-order chi connectivity index (χ0) is 21.4. The van der Waals surface area contributed by atoms with E-state index in [1.165, 1.54) is 0 Å². The van der Waals surface area contributed by atoms with Gasteiger partial charge in [0, 0.05) is 38.7 Å². The largest absolute Gasteiger partial charge is 0.353 e. The maximum Gasteiger partial charge on any atom is 0.257 e. The lowest BCUT2D eigenvalue weighted by atomic mass is 10.2. The Bertz CT molecular complexity index is 1240. The molecule has 1 saturated heterocycles. The Hall–Kier alpha value is -3.75. The Labute approximate surface area is 179 Å². The number of hydrogen-bond acceptors (Lipinski definition) is 6. The van der Waals surface area contributed by atoms with Crippen LogP contribution in [0.3, 0.4) is 0 Å². The number of carbonyl (C=O) groups excluding carboxylic acids is 1. The van der Waals surface area contributed by atoms with E-state index in [9.17, 15) is 4.79 Å². The van der Waals surface area contributed by atoms with Gasteiger partial charge in [0.2, 0.25) is 0 Å². The molecule has 1 aliphatic rings. The highest BCUT2D eigenvalue weighted by atomic mass is 16.1. The summed E-state index contributed by atoms with van der Waals surface area (Å²) in [7, 11) is 1.90. The summed E-state index contributed by atoms with van der Waals surface area (Å²) in [6.45, 7) is 4.50. The second kappa shape index (κ2) is 7.82. The molecule has 1 fully saturated rings. The second-order valence-corrected chi connectivity index (χ2v) is 7.86. The minimum absolute atomic E-state index is 0.215. The Kier molecular flexibility index (Phi) is 4.85. The van der Waals surface area contributed by atoms with Crippen LogP contribution in [0.2, 0.25) is 0 Å². The topological polar surface area (TPSA) is 93.8 Å². The summed E-state index contributed by atoms with van der Waals surface area (Å²) < 4.78 is 3.76. The van der Waals surface area contributed by atoms with Crippen LogP contribution in [0.25, 0.3) is 11.2 Å². The van der Waals surface area contributed by atoms with Gasteiger partial charge in [-0.1, -0.05) is 6.07 Å². The van der Waals surface area contributed by atoms with Crippen molar-refractivity contribution in [2.45, 2.75) is 26.3 Å². The summed E-state index contributed by atoms with van der Waals surface area (Å²) in [6, 6.07) is 5.69. The number of amides is 1. The van der Waals surface area contributed by atoms with Crippen LogP contribution in [0.15, 0.2) is 43.1 Å². The van der Waals surface area contributed by atoms with Crippen LogP contribution in [0.1, 0.15) is 34.5 Å². The standard InChI is InChI=1S/C22H24N8O/c1-15-19(21(27-28(15)2)29-8-3-4-9-29)26-22(31)17-10-18-20(24-12-17)30(14-25-18)13-16-6-5-7-23-11-16/h5-7,10-12,14H,3-4,8-9,13H2,1-2H3,(H,26,31). The number of fused-ring (bicyclic) bond motifs is 1. The number of pyridine rings is 2. The Morgan fingerprint density at radius 2 is 2.03 bits per heavy atom. The van der Waals surface area contributed by atoms with Crippen LogP contribution in [0.4, 0.5) is 11.5 Å². The van der Waals surface area contributed by atoms with Crippen molar-refractivity contribution in [1.29, 1.82) is 0 Å².